The molecule has 0 saturated heterocycles. The van der Waals surface area contributed by atoms with Crippen LogP contribution in [0.15, 0.2) is 40.8 Å². The molecule has 108 valence electrons. The zero-order valence-corrected chi connectivity index (χ0v) is 12.2. The molecule has 2 N–H and O–H groups in total. The molecule has 6 heteroatoms. The first-order valence-corrected chi connectivity index (χ1v) is 7.33. The third-order valence-electron chi connectivity index (χ3n) is 3.03. The molecular weight excluding hydrogens is 288 g/mol. The van der Waals surface area contributed by atoms with Crippen LogP contribution in [0, 0.1) is 6.92 Å². The molecule has 2 aromatic heterocycles. The molecule has 3 rings (SSSR count). The Bertz CT molecular complexity index is 745. The normalized spacial score (nSPS) is 12.5. The fourth-order valence-electron chi connectivity index (χ4n) is 1.97. The van der Waals surface area contributed by atoms with E-state index in [4.69, 9.17) is 4.42 Å². The number of aryl methyl sites for hydroxylation is 1. The summed E-state index contributed by atoms with van der Waals surface area (Å²) in [6.45, 7) is 1.89. The first-order chi connectivity index (χ1) is 10.1. The van der Waals surface area contributed by atoms with Crippen LogP contribution >= 0.6 is 11.3 Å². The summed E-state index contributed by atoms with van der Waals surface area (Å²) in [5.41, 5.74) is 0.801. The van der Waals surface area contributed by atoms with Gasteiger partial charge >= 0.3 is 0 Å². The van der Waals surface area contributed by atoms with Crippen LogP contribution in [0.1, 0.15) is 27.4 Å². The second-order valence-electron chi connectivity index (χ2n) is 4.66. The number of hydrogen-bond acceptors (Lipinski definition) is 5. The van der Waals surface area contributed by atoms with Gasteiger partial charge < -0.3 is 14.8 Å². The van der Waals surface area contributed by atoms with Crippen molar-refractivity contribution in [3.05, 3.63) is 52.9 Å². The maximum Gasteiger partial charge on any atom is 0.280 e. The second kappa shape index (κ2) is 5.67. The molecule has 21 heavy (non-hydrogen) atoms. The molecule has 3 aromatic rings. The standard InChI is InChI=1S/C15H14N2O3S/c1-9-6-7-12(20-9)11(18)8-16-14(19)15-17-10-4-2-3-5-13(10)21-15/h2-7,11,18H,8H2,1H3,(H,16,19). The van der Waals surface area contributed by atoms with E-state index in [0.717, 1.165) is 16.0 Å². The van der Waals surface area contributed by atoms with Gasteiger partial charge in [0.25, 0.3) is 5.91 Å². The second-order valence-corrected chi connectivity index (χ2v) is 5.69. The highest BCUT2D eigenvalue weighted by Crippen LogP contribution is 2.21. The molecule has 0 aliphatic rings. The van der Waals surface area contributed by atoms with Crippen molar-refractivity contribution >= 4 is 27.5 Å². The number of aliphatic hydroxyl groups is 1. The van der Waals surface area contributed by atoms with E-state index in [1.165, 1.54) is 11.3 Å². The molecule has 0 radical (unpaired) electrons. The highest BCUT2D eigenvalue weighted by Gasteiger charge is 2.16. The number of amides is 1. The number of nitrogens with zero attached hydrogens (tertiary/aromatic N) is 1. The summed E-state index contributed by atoms with van der Waals surface area (Å²) in [6.07, 6.45) is -0.864. The molecule has 0 spiro atoms. The maximum atomic E-state index is 12.1. The lowest BCUT2D eigenvalue weighted by molar-refractivity contribution is 0.0900. The molecule has 0 saturated carbocycles. The van der Waals surface area contributed by atoms with Gasteiger partial charge in [-0.2, -0.15) is 0 Å². The number of rotatable bonds is 4. The average Bonchev–Trinajstić information content (AvgIpc) is 3.10. The molecule has 1 aromatic carbocycles. The summed E-state index contributed by atoms with van der Waals surface area (Å²) in [5, 5.41) is 13.0. The van der Waals surface area contributed by atoms with E-state index in [-0.39, 0.29) is 12.5 Å². The number of carbonyl (C=O) groups excluding carboxylic acids is 1. The zero-order valence-electron chi connectivity index (χ0n) is 11.4. The molecule has 0 aliphatic carbocycles. The third-order valence-corrected chi connectivity index (χ3v) is 4.07. The SMILES string of the molecule is Cc1ccc(C(O)CNC(=O)c2nc3ccccc3s2)o1. The number of nitrogens with one attached hydrogen (secondary N) is 1. The molecule has 0 fully saturated rings. The van der Waals surface area contributed by atoms with E-state index in [0.29, 0.717) is 10.8 Å². The fourth-order valence-corrected chi connectivity index (χ4v) is 2.85. The summed E-state index contributed by atoms with van der Waals surface area (Å²) in [4.78, 5) is 16.3. The highest BCUT2D eigenvalue weighted by molar-refractivity contribution is 7.20. The zero-order chi connectivity index (χ0) is 14.8. The van der Waals surface area contributed by atoms with Crippen LogP contribution in [-0.4, -0.2) is 22.5 Å². The van der Waals surface area contributed by atoms with Gasteiger partial charge in [-0.3, -0.25) is 4.79 Å². The van der Waals surface area contributed by atoms with Gasteiger partial charge in [-0.05, 0) is 31.2 Å². The van der Waals surface area contributed by atoms with Gasteiger partial charge in [0.1, 0.15) is 17.6 Å². The Hall–Kier alpha value is -2.18. The van der Waals surface area contributed by atoms with E-state index in [2.05, 4.69) is 10.3 Å². The fraction of sp³-hybridized carbons (Fsp3) is 0.200. The lowest BCUT2D eigenvalue weighted by Crippen LogP contribution is -2.28. The van der Waals surface area contributed by atoms with Gasteiger partial charge in [0.05, 0.1) is 16.8 Å². The monoisotopic (exact) mass is 302 g/mol. The Morgan fingerprint density at radius 2 is 2.19 bits per heavy atom. The lowest BCUT2D eigenvalue weighted by Gasteiger charge is -2.08. The highest BCUT2D eigenvalue weighted by atomic mass is 32.1. The van der Waals surface area contributed by atoms with Crippen molar-refractivity contribution in [1.29, 1.82) is 0 Å². The average molecular weight is 302 g/mol. The first kappa shape index (κ1) is 13.8. The number of furan rings is 1. The number of aliphatic hydroxyl groups excluding tert-OH is 1. The van der Waals surface area contributed by atoms with Crippen LogP contribution < -0.4 is 5.32 Å². The minimum Gasteiger partial charge on any atom is -0.464 e. The smallest absolute Gasteiger partial charge is 0.280 e. The number of aromatic nitrogens is 1. The molecule has 0 aliphatic heterocycles. The van der Waals surface area contributed by atoms with Crippen molar-refractivity contribution in [1.82, 2.24) is 10.3 Å². The van der Waals surface area contributed by atoms with E-state index < -0.39 is 6.10 Å². The van der Waals surface area contributed by atoms with E-state index in [9.17, 15) is 9.90 Å². The Kier molecular flexibility index (Phi) is 3.72. The van der Waals surface area contributed by atoms with E-state index in [1.807, 2.05) is 24.3 Å². The molecule has 1 amide bonds. The van der Waals surface area contributed by atoms with Crippen LogP contribution in [-0.2, 0) is 0 Å². The molecule has 5 nitrogen and oxygen atoms in total. The Morgan fingerprint density at radius 1 is 1.38 bits per heavy atom. The number of carbonyl (C=O) groups is 1. The van der Waals surface area contributed by atoms with Crippen molar-refractivity contribution in [3.63, 3.8) is 0 Å². The minimum absolute atomic E-state index is 0.0850. The number of para-hydroxylation sites is 1. The predicted octanol–water partition coefficient (Wildman–Crippen LogP) is 2.66. The van der Waals surface area contributed by atoms with Crippen molar-refractivity contribution in [2.24, 2.45) is 0 Å². The molecule has 0 bridgehead atoms. The van der Waals surface area contributed by atoms with Crippen LogP contribution in [0.3, 0.4) is 0 Å². The van der Waals surface area contributed by atoms with Crippen molar-refractivity contribution < 1.29 is 14.3 Å². The lowest BCUT2D eigenvalue weighted by atomic mass is 10.3. The molecule has 1 atom stereocenters. The topological polar surface area (TPSA) is 75.4 Å². The predicted molar refractivity (Wildman–Crippen MR) is 80.4 cm³/mol. The van der Waals surface area contributed by atoms with Gasteiger partial charge in [0.2, 0.25) is 0 Å². The van der Waals surface area contributed by atoms with Crippen molar-refractivity contribution in [3.8, 4) is 0 Å². The molecule has 1 unspecified atom stereocenters. The summed E-state index contributed by atoms with van der Waals surface area (Å²) in [7, 11) is 0. The summed E-state index contributed by atoms with van der Waals surface area (Å²) < 4.78 is 6.28. The number of benzene rings is 1. The molecule has 2 heterocycles. The number of thiazole rings is 1. The van der Waals surface area contributed by atoms with E-state index in [1.54, 1.807) is 19.1 Å². The van der Waals surface area contributed by atoms with Crippen LogP contribution in [0.25, 0.3) is 10.2 Å². The van der Waals surface area contributed by atoms with Crippen molar-refractivity contribution in [2.45, 2.75) is 13.0 Å². The summed E-state index contributed by atoms with van der Waals surface area (Å²) in [5.74, 6) is 0.872. The van der Waals surface area contributed by atoms with Gasteiger partial charge in [0.15, 0.2) is 5.01 Å². The maximum absolute atomic E-state index is 12.1. The van der Waals surface area contributed by atoms with Crippen LogP contribution in [0.4, 0.5) is 0 Å². The van der Waals surface area contributed by atoms with Crippen LogP contribution in [0.2, 0.25) is 0 Å². The quantitative estimate of drug-likeness (QED) is 0.777. The van der Waals surface area contributed by atoms with Gasteiger partial charge in [-0.15, -0.1) is 11.3 Å². The molecular formula is C15H14N2O3S. The number of hydrogen-bond donors (Lipinski definition) is 2. The Balaban J connectivity index is 1.66. The van der Waals surface area contributed by atoms with E-state index >= 15 is 0 Å². The van der Waals surface area contributed by atoms with Crippen molar-refractivity contribution in [2.75, 3.05) is 6.54 Å². The van der Waals surface area contributed by atoms with Gasteiger partial charge in [-0.1, -0.05) is 12.1 Å². The van der Waals surface area contributed by atoms with Gasteiger partial charge in [0, 0.05) is 0 Å². The Morgan fingerprint density at radius 3 is 2.90 bits per heavy atom. The summed E-state index contributed by atoms with van der Waals surface area (Å²) >= 11 is 1.33. The first-order valence-electron chi connectivity index (χ1n) is 6.51. The largest absolute Gasteiger partial charge is 0.464 e. The third kappa shape index (κ3) is 2.96. The van der Waals surface area contributed by atoms with Crippen LogP contribution in [0.5, 0.6) is 0 Å². The van der Waals surface area contributed by atoms with Gasteiger partial charge in [-0.25, -0.2) is 4.98 Å². The minimum atomic E-state index is -0.864. The Labute approximate surface area is 125 Å². The number of fused-ring (bicyclic) bond motifs is 1. The summed E-state index contributed by atoms with van der Waals surface area (Å²) in [6, 6.07) is 11.0.